The number of rotatable bonds is 5. The third kappa shape index (κ3) is 2.92. The highest BCUT2D eigenvalue weighted by atomic mass is 32.2. The smallest absolute Gasteiger partial charge is 0.245 e. The van der Waals surface area contributed by atoms with Crippen LogP contribution in [-0.4, -0.2) is 46.3 Å². The summed E-state index contributed by atoms with van der Waals surface area (Å²) in [7, 11) is -3.71. The van der Waals surface area contributed by atoms with Gasteiger partial charge in [0, 0.05) is 12.2 Å². The Morgan fingerprint density at radius 1 is 1.32 bits per heavy atom. The monoisotopic (exact) mass is 361 g/mol. The van der Waals surface area contributed by atoms with Crippen molar-refractivity contribution in [2.75, 3.05) is 11.4 Å². The van der Waals surface area contributed by atoms with Crippen LogP contribution in [0.25, 0.3) is 0 Å². The highest BCUT2D eigenvalue weighted by Crippen LogP contribution is 2.35. The first-order chi connectivity index (χ1) is 12.0. The molecule has 132 valence electrons. The van der Waals surface area contributed by atoms with Crippen molar-refractivity contribution in [3.8, 4) is 0 Å². The van der Waals surface area contributed by atoms with Gasteiger partial charge < -0.3 is 4.90 Å². The normalized spacial score (nSPS) is 18.2. The van der Waals surface area contributed by atoms with Crippen LogP contribution in [0.5, 0.6) is 0 Å². The molecule has 25 heavy (non-hydrogen) atoms. The largest absolute Gasteiger partial charge is 0.311 e. The van der Waals surface area contributed by atoms with Crippen LogP contribution in [-0.2, 0) is 26.8 Å². The Balaban J connectivity index is 1.54. The Kier molecular flexibility index (Phi) is 3.82. The number of fused-ring (bicyclic) bond motifs is 1. The molecule has 1 aliphatic heterocycles. The summed E-state index contributed by atoms with van der Waals surface area (Å²) >= 11 is 0. The van der Waals surface area contributed by atoms with Crippen molar-refractivity contribution in [1.82, 2.24) is 20.2 Å². The summed E-state index contributed by atoms with van der Waals surface area (Å²) < 4.78 is 27.1. The molecule has 8 nitrogen and oxygen atoms in total. The van der Waals surface area contributed by atoms with Gasteiger partial charge in [0.25, 0.3) is 0 Å². The average Bonchev–Trinajstić information content (AvgIpc) is 3.19. The first-order valence-electron chi connectivity index (χ1n) is 8.35. The molecule has 0 N–H and O–H groups in total. The van der Waals surface area contributed by atoms with Gasteiger partial charge in [0.1, 0.15) is 11.0 Å². The highest BCUT2D eigenvalue weighted by molar-refractivity contribution is 7.92. The molecule has 0 unspecified atom stereocenters. The number of aromatic nitrogens is 4. The van der Waals surface area contributed by atoms with Crippen LogP contribution in [0.3, 0.4) is 0 Å². The minimum Gasteiger partial charge on any atom is -0.311 e. The van der Waals surface area contributed by atoms with E-state index in [1.54, 1.807) is 9.58 Å². The van der Waals surface area contributed by atoms with Crippen LogP contribution in [0, 0.1) is 0 Å². The predicted molar refractivity (Wildman–Crippen MR) is 90.7 cm³/mol. The lowest BCUT2D eigenvalue weighted by molar-refractivity contribution is -0.117. The van der Waals surface area contributed by atoms with E-state index in [0.717, 1.165) is 30.5 Å². The molecule has 2 aliphatic rings. The van der Waals surface area contributed by atoms with Gasteiger partial charge in [0.05, 0.1) is 6.04 Å². The number of amides is 1. The molecule has 0 spiro atoms. The molecule has 1 atom stereocenters. The second-order valence-corrected chi connectivity index (χ2v) is 8.91. The zero-order chi connectivity index (χ0) is 17.6. The van der Waals surface area contributed by atoms with Gasteiger partial charge in [-0.05, 0) is 48.2 Å². The summed E-state index contributed by atoms with van der Waals surface area (Å²) in [5.41, 5.74) is 1.87. The number of sulfone groups is 1. The molecule has 2 heterocycles. The first-order valence-corrected chi connectivity index (χ1v) is 10.1. The molecule has 0 radical (unpaired) electrons. The minimum atomic E-state index is -3.71. The lowest BCUT2D eigenvalue weighted by Gasteiger charge is -2.21. The quantitative estimate of drug-likeness (QED) is 0.785. The van der Waals surface area contributed by atoms with Crippen molar-refractivity contribution in [3.05, 3.63) is 35.7 Å². The van der Waals surface area contributed by atoms with Crippen molar-refractivity contribution >= 4 is 21.4 Å². The van der Waals surface area contributed by atoms with Crippen molar-refractivity contribution < 1.29 is 13.2 Å². The third-order valence-electron chi connectivity index (χ3n) is 4.82. The number of nitrogens with zero attached hydrogens (tertiary/aromatic N) is 5. The molecule has 1 fully saturated rings. The summed E-state index contributed by atoms with van der Waals surface area (Å²) in [6.45, 7) is 1.96. The minimum absolute atomic E-state index is 0.191. The molecule has 0 bridgehead atoms. The number of carbonyl (C=O) groups excluding carboxylic acids is 1. The fraction of sp³-hybridized carbons (Fsp3) is 0.500. The molecule has 9 heteroatoms. The summed E-state index contributed by atoms with van der Waals surface area (Å²) in [5.74, 6) is -0.404. The summed E-state index contributed by atoms with van der Waals surface area (Å²) in [6, 6.07) is 7.79. The number of carbonyl (C=O) groups is 1. The van der Waals surface area contributed by atoms with Gasteiger partial charge >= 0.3 is 0 Å². The number of anilines is 1. The summed E-state index contributed by atoms with van der Waals surface area (Å²) in [6.07, 6.45) is 2.66. The maximum absolute atomic E-state index is 12.8. The highest BCUT2D eigenvalue weighted by Gasteiger charge is 2.37. The van der Waals surface area contributed by atoms with Crippen molar-refractivity contribution in [2.24, 2.45) is 0 Å². The fourth-order valence-electron chi connectivity index (χ4n) is 3.16. The van der Waals surface area contributed by atoms with E-state index in [2.05, 4.69) is 15.5 Å². The maximum Gasteiger partial charge on any atom is 0.245 e. The van der Waals surface area contributed by atoms with Gasteiger partial charge in [0.2, 0.25) is 5.91 Å². The Morgan fingerprint density at radius 2 is 2.08 bits per heavy atom. The number of benzene rings is 1. The van der Waals surface area contributed by atoms with Gasteiger partial charge in [-0.1, -0.05) is 18.2 Å². The Hall–Kier alpha value is -2.29. The van der Waals surface area contributed by atoms with E-state index in [0.29, 0.717) is 12.4 Å². The maximum atomic E-state index is 12.8. The SMILES string of the molecule is C[C@@H](C(=O)N1CCc2ccccc21)S(=O)(=O)Cc1nnnn1C1CC1. The van der Waals surface area contributed by atoms with E-state index in [1.807, 2.05) is 24.3 Å². The lowest BCUT2D eigenvalue weighted by Crippen LogP contribution is -2.41. The number of para-hydroxylation sites is 1. The van der Waals surface area contributed by atoms with Gasteiger partial charge in [-0.25, -0.2) is 13.1 Å². The summed E-state index contributed by atoms with van der Waals surface area (Å²) in [5, 5.41) is 10.2. The van der Waals surface area contributed by atoms with Crippen molar-refractivity contribution in [1.29, 1.82) is 0 Å². The van der Waals surface area contributed by atoms with Crippen LogP contribution < -0.4 is 4.90 Å². The van der Waals surface area contributed by atoms with Gasteiger partial charge in [-0.3, -0.25) is 4.79 Å². The molecule has 1 amide bonds. The molecule has 2 aromatic rings. The van der Waals surface area contributed by atoms with Gasteiger partial charge in [0.15, 0.2) is 15.7 Å². The third-order valence-corrected chi connectivity index (χ3v) is 6.76. The standard InChI is InChI=1S/C16H19N5O3S/c1-11(16(22)20-9-8-12-4-2-3-5-14(12)20)25(23,24)10-15-17-18-19-21(15)13-6-7-13/h2-5,11,13H,6-10H2,1H3/t11-/m0/s1. The van der Waals surface area contributed by atoms with Crippen LogP contribution in [0.2, 0.25) is 0 Å². The zero-order valence-corrected chi connectivity index (χ0v) is 14.7. The number of hydrogen-bond acceptors (Lipinski definition) is 6. The van der Waals surface area contributed by atoms with Gasteiger partial charge in [-0.15, -0.1) is 5.10 Å². The Labute approximate surface area is 145 Å². The van der Waals surface area contributed by atoms with Gasteiger partial charge in [-0.2, -0.15) is 0 Å². The second kappa shape index (κ2) is 5.91. The number of tetrazole rings is 1. The van der Waals surface area contributed by atoms with Crippen LogP contribution >= 0.6 is 0 Å². The predicted octanol–water partition coefficient (Wildman–Crippen LogP) is 0.901. The molecule has 4 rings (SSSR count). The molecule has 1 saturated carbocycles. The summed E-state index contributed by atoms with van der Waals surface area (Å²) in [4.78, 5) is 14.4. The molecule has 1 aliphatic carbocycles. The van der Waals surface area contributed by atoms with Crippen molar-refractivity contribution in [3.63, 3.8) is 0 Å². The molecule has 1 aromatic heterocycles. The van der Waals surface area contributed by atoms with E-state index in [4.69, 9.17) is 0 Å². The van der Waals surface area contributed by atoms with E-state index >= 15 is 0 Å². The molecule has 1 aromatic carbocycles. The van der Waals surface area contributed by atoms with Crippen molar-refractivity contribution in [2.45, 2.75) is 43.2 Å². The van der Waals surface area contributed by atoms with E-state index < -0.39 is 21.0 Å². The second-order valence-electron chi connectivity index (χ2n) is 6.59. The van der Waals surface area contributed by atoms with Crippen LogP contribution in [0.15, 0.2) is 24.3 Å². The van der Waals surface area contributed by atoms with E-state index in [1.165, 1.54) is 6.92 Å². The van der Waals surface area contributed by atoms with Crippen LogP contribution in [0.4, 0.5) is 5.69 Å². The fourth-order valence-corrected chi connectivity index (χ4v) is 4.39. The molecule has 0 saturated heterocycles. The molecular formula is C16H19N5O3S. The Morgan fingerprint density at radius 3 is 2.84 bits per heavy atom. The lowest BCUT2D eigenvalue weighted by atomic mass is 10.2. The van der Waals surface area contributed by atoms with E-state index in [-0.39, 0.29) is 11.8 Å². The van der Waals surface area contributed by atoms with E-state index in [9.17, 15) is 13.2 Å². The molecular weight excluding hydrogens is 342 g/mol. The number of hydrogen-bond donors (Lipinski definition) is 0. The first kappa shape index (κ1) is 16.2. The topological polar surface area (TPSA) is 98.1 Å². The average molecular weight is 361 g/mol. The Bertz CT molecular complexity index is 919. The zero-order valence-electron chi connectivity index (χ0n) is 13.9. The van der Waals surface area contributed by atoms with Crippen LogP contribution in [0.1, 0.15) is 37.2 Å².